The summed E-state index contributed by atoms with van der Waals surface area (Å²) >= 11 is 3.18. The van der Waals surface area contributed by atoms with Crippen LogP contribution in [0.5, 0.6) is 0 Å². The van der Waals surface area contributed by atoms with Crippen LogP contribution >= 0.6 is 15.9 Å². The van der Waals surface area contributed by atoms with E-state index in [0.717, 1.165) is 5.56 Å². The van der Waals surface area contributed by atoms with Gasteiger partial charge in [0, 0.05) is 23.4 Å². The van der Waals surface area contributed by atoms with Gasteiger partial charge in [0.1, 0.15) is 4.90 Å². The minimum Gasteiger partial charge on any atom is -0.262 e. The standard InChI is InChI=1S/C13H10BrN3O2S/c14-12-5-13(9-16-8-12)20(18,19)17-7-11-3-1-10(6-15)2-4-11/h1-5,8-9,17H,7H2. The highest BCUT2D eigenvalue weighted by molar-refractivity contribution is 9.10. The second-order valence-electron chi connectivity index (χ2n) is 3.97. The molecule has 0 fully saturated rings. The van der Waals surface area contributed by atoms with Gasteiger partial charge in [-0.05, 0) is 39.7 Å². The molecule has 0 radical (unpaired) electrons. The highest BCUT2D eigenvalue weighted by Gasteiger charge is 2.14. The molecule has 102 valence electrons. The quantitative estimate of drug-likeness (QED) is 0.914. The third kappa shape index (κ3) is 3.63. The minimum atomic E-state index is -3.60. The van der Waals surface area contributed by atoms with Gasteiger partial charge in [-0.2, -0.15) is 5.26 Å². The first kappa shape index (κ1) is 14.7. The number of sulfonamides is 1. The number of aromatic nitrogens is 1. The zero-order valence-electron chi connectivity index (χ0n) is 10.2. The first-order valence-corrected chi connectivity index (χ1v) is 7.88. The van der Waals surface area contributed by atoms with Crippen molar-refractivity contribution in [3.8, 4) is 6.07 Å². The van der Waals surface area contributed by atoms with Crippen molar-refractivity contribution < 1.29 is 8.42 Å². The molecule has 1 aromatic heterocycles. The Labute approximate surface area is 125 Å². The van der Waals surface area contributed by atoms with E-state index >= 15 is 0 Å². The summed E-state index contributed by atoms with van der Waals surface area (Å²) in [5.74, 6) is 0. The van der Waals surface area contributed by atoms with E-state index < -0.39 is 10.0 Å². The van der Waals surface area contributed by atoms with Gasteiger partial charge in [0.15, 0.2) is 0 Å². The first-order chi connectivity index (χ1) is 9.51. The Morgan fingerprint density at radius 2 is 1.95 bits per heavy atom. The van der Waals surface area contributed by atoms with Crippen molar-refractivity contribution in [3.63, 3.8) is 0 Å². The summed E-state index contributed by atoms with van der Waals surface area (Å²) in [4.78, 5) is 3.92. The summed E-state index contributed by atoms with van der Waals surface area (Å²) in [7, 11) is -3.60. The Balaban J connectivity index is 2.11. The summed E-state index contributed by atoms with van der Waals surface area (Å²) < 4.78 is 27.2. The normalized spacial score (nSPS) is 11.0. The van der Waals surface area contributed by atoms with E-state index in [1.807, 2.05) is 6.07 Å². The Morgan fingerprint density at radius 3 is 2.55 bits per heavy atom. The third-order valence-corrected chi connectivity index (χ3v) is 4.34. The Bertz CT molecular complexity index is 752. The zero-order valence-corrected chi connectivity index (χ0v) is 12.6. The van der Waals surface area contributed by atoms with Gasteiger partial charge in [-0.15, -0.1) is 0 Å². The number of benzene rings is 1. The van der Waals surface area contributed by atoms with E-state index in [9.17, 15) is 8.42 Å². The molecule has 1 heterocycles. The second-order valence-corrected chi connectivity index (χ2v) is 6.65. The molecule has 0 unspecified atom stereocenters. The summed E-state index contributed by atoms with van der Waals surface area (Å²) in [6, 6.07) is 10.2. The number of rotatable bonds is 4. The maximum absolute atomic E-state index is 12.1. The fourth-order valence-electron chi connectivity index (χ4n) is 1.50. The highest BCUT2D eigenvalue weighted by Crippen LogP contribution is 2.14. The molecule has 20 heavy (non-hydrogen) atoms. The fraction of sp³-hybridized carbons (Fsp3) is 0.0769. The van der Waals surface area contributed by atoms with E-state index in [4.69, 9.17) is 5.26 Å². The molecule has 7 heteroatoms. The number of nitriles is 1. The molecular formula is C13H10BrN3O2S. The molecule has 0 aliphatic carbocycles. The highest BCUT2D eigenvalue weighted by atomic mass is 79.9. The number of halogens is 1. The lowest BCUT2D eigenvalue weighted by molar-refractivity contribution is 0.581. The van der Waals surface area contributed by atoms with Crippen LogP contribution in [0.3, 0.4) is 0 Å². The van der Waals surface area contributed by atoms with Gasteiger partial charge in [0.25, 0.3) is 0 Å². The van der Waals surface area contributed by atoms with Crippen LogP contribution < -0.4 is 4.72 Å². The Morgan fingerprint density at radius 1 is 1.25 bits per heavy atom. The van der Waals surface area contributed by atoms with Gasteiger partial charge in [-0.1, -0.05) is 12.1 Å². The van der Waals surface area contributed by atoms with E-state index in [1.165, 1.54) is 18.5 Å². The van der Waals surface area contributed by atoms with E-state index in [0.29, 0.717) is 10.0 Å². The predicted molar refractivity (Wildman–Crippen MR) is 77.1 cm³/mol. The predicted octanol–water partition coefficient (Wildman–Crippen LogP) is 2.19. The van der Waals surface area contributed by atoms with Gasteiger partial charge in [0.2, 0.25) is 10.0 Å². The van der Waals surface area contributed by atoms with Crippen molar-refractivity contribution in [1.29, 1.82) is 5.26 Å². The van der Waals surface area contributed by atoms with Gasteiger partial charge >= 0.3 is 0 Å². The molecule has 0 spiro atoms. The van der Waals surface area contributed by atoms with Crippen molar-refractivity contribution in [2.24, 2.45) is 0 Å². The molecule has 0 amide bonds. The van der Waals surface area contributed by atoms with Gasteiger partial charge in [0.05, 0.1) is 11.6 Å². The Kier molecular flexibility index (Phi) is 4.49. The van der Waals surface area contributed by atoms with Crippen LogP contribution in [0.25, 0.3) is 0 Å². The topological polar surface area (TPSA) is 82.9 Å². The van der Waals surface area contributed by atoms with Crippen LogP contribution in [-0.2, 0) is 16.6 Å². The summed E-state index contributed by atoms with van der Waals surface area (Å²) in [5, 5.41) is 8.69. The van der Waals surface area contributed by atoms with Crippen LogP contribution in [0.15, 0.2) is 52.1 Å². The molecular weight excluding hydrogens is 342 g/mol. The van der Waals surface area contributed by atoms with E-state index in [2.05, 4.69) is 25.6 Å². The number of nitrogens with zero attached hydrogens (tertiary/aromatic N) is 2. The first-order valence-electron chi connectivity index (χ1n) is 5.60. The molecule has 5 nitrogen and oxygen atoms in total. The van der Waals surface area contributed by atoms with E-state index in [1.54, 1.807) is 24.3 Å². The van der Waals surface area contributed by atoms with Crippen molar-refractivity contribution in [1.82, 2.24) is 9.71 Å². The van der Waals surface area contributed by atoms with Crippen molar-refractivity contribution in [3.05, 3.63) is 58.3 Å². The van der Waals surface area contributed by atoms with Crippen LogP contribution in [-0.4, -0.2) is 13.4 Å². The van der Waals surface area contributed by atoms with Crippen LogP contribution in [0, 0.1) is 11.3 Å². The molecule has 0 saturated carbocycles. The monoisotopic (exact) mass is 351 g/mol. The maximum atomic E-state index is 12.1. The third-order valence-electron chi connectivity index (χ3n) is 2.54. The average Bonchev–Trinajstić information content (AvgIpc) is 2.46. The van der Waals surface area contributed by atoms with E-state index in [-0.39, 0.29) is 11.4 Å². The van der Waals surface area contributed by atoms with Crippen molar-refractivity contribution in [2.75, 3.05) is 0 Å². The minimum absolute atomic E-state index is 0.0977. The number of hydrogen-bond acceptors (Lipinski definition) is 4. The smallest absolute Gasteiger partial charge is 0.242 e. The zero-order chi connectivity index (χ0) is 14.6. The average molecular weight is 352 g/mol. The SMILES string of the molecule is N#Cc1ccc(CNS(=O)(=O)c2cncc(Br)c2)cc1. The lowest BCUT2D eigenvalue weighted by Gasteiger charge is -2.07. The second kappa shape index (κ2) is 6.13. The van der Waals surface area contributed by atoms with Gasteiger partial charge in [-0.25, -0.2) is 13.1 Å². The maximum Gasteiger partial charge on any atom is 0.242 e. The largest absolute Gasteiger partial charge is 0.262 e. The molecule has 0 aliphatic rings. The van der Waals surface area contributed by atoms with Gasteiger partial charge < -0.3 is 0 Å². The van der Waals surface area contributed by atoms with Crippen LogP contribution in [0.2, 0.25) is 0 Å². The molecule has 0 saturated heterocycles. The van der Waals surface area contributed by atoms with Crippen LogP contribution in [0.4, 0.5) is 0 Å². The molecule has 2 aromatic rings. The number of hydrogen-bond donors (Lipinski definition) is 1. The summed E-state index contributed by atoms with van der Waals surface area (Å²) in [6.07, 6.45) is 2.80. The summed E-state index contributed by atoms with van der Waals surface area (Å²) in [5.41, 5.74) is 1.31. The molecule has 0 atom stereocenters. The Hall–Kier alpha value is -1.75. The van der Waals surface area contributed by atoms with Crippen molar-refractivity contribution in [2.45, 2.75) is 11.4 Å². The van der Waals surface area contributed by atoms with Crippen molar-refractivity contribution >= 4 is 26.0 Å². The molecule has 2 rings (SSSR count). The lowest BCUT2D eigenvalue weighted by Crippen LogP contribution is -2.23. The number of pyridine rings is 1. The fourth-order valence-corrected chi connectivity index (χ4v) is 3.02. The summed E-state index contributed by atoms with van der Waals surface area (Å²) in [6.45, 7) is 0.153. The lowest BCUT2D eigenvalue weighted by atomic mass is 10.1. The molecule has 0 aliphatic heterocycles. The molecule has 1 N–H and O–H groups in total. The van der Waals surface area contributed by atoms with Gasteiger partial charge in [-0.3, -0.25) is 4.98 Å². The van der Waals surface area contributed by atoms with Crippen LogP contribution in [0.1, 0.15) is 11.1 Å². The number of nitrogens with one attached hydrogen (secondary N) is 1. The molecule has 1 aromatic carbocycles. The molecule has 0 bridgehead atoms.